The van der Waals surface area contributed by atoms with Crippen LogP contribution in [0, 0.1) is 0 Å². The first kappa shape index (κ1) is 17.4. The zero-order valence-corrected chi connectivity index (χ0v) is 16.2. The van der Waals surface area contributed by atoms with Crippen LogP contribution in [0.15, 0.2) is 31.5 Å². The maximum Gasteiger partial charge on any atom is 0.413 e. The van der Waals surface area contributed by atoms with Gasteiger partial charge in [-0.15, -0.1) is 0 Å². The van der Waals surface area contributed by atoms with Gasteiger partial charge in [0.05, 0.1) is 20.1 Å². The highest BCUT2D eigenvalue weighted by molar-refractivity contribution is 9.15. The number of hydrogen-bond donors (Lipinski definition) is 0. The summed E-state index contributed by atoms with van der Waals surface area (Å²) < 4.78 is 5.45. The Morgan fingerprint density at radius 1 is 1.09 bits per heavy atom. The summed E-state index contributed by atoms with van der Waals surface area (Å²) in [5.74, 6) is -0.629. The lowest BCUT2D eigenvalue weighted by Crippen LogP contribution is -2.40. The molecule has 1 aliphatic carbocycles. The molecule has 0 aromatic rings. The van der Waals surface area contributed by atoms with Gasteiger partial charge in [-0.25, -0.2) is 4.79 Å². The molecule has 22 heavy (non-hydrogen) atoms. The van der Waals surface area contributed by atoms with E-state index in [-0.39, 0.29) is 30.7 Å². The third-order valence-corrected chi connectivity index (χ3v) is 5.79. The van der Waals surface area contributed by atoms with Crippen molar-refractivity contribution in [2.75, 3.05) is 19.7 Å². The summed E-state index contributed by atoms with van der Waals surface area (Å²) in [6.45, 7) is 2.75. The topological polar surface area (TPSA) is 66.9 Å². The number of ether oxygens (including phenoxy) is 1. The van der Waals surface area contributed by atoms with Crippen LogP contribution in [0.1, 0.15) is 6.92 Å². The van der Waals surface area contributed by atoms with Gasteiger partial charge in [-0.3, -0.25) is 14.5 Å². The molecule has 9 heteroatoms. The van der Waals surface area contributed by atoms with Gasteiger partial charge in [-0.2, -0.15) is 0 Å². The molecule has 0 atom stereocenters. The average Bonchev–Trinajstić information content (AvgIpc) is 2.52. The fraction of sp³-hybridized carbons (Fsp3) is 0.308. The molecule has 118 valence electrons. The summed E-state index contributed by atoms with van der Waals surface area (Å²) in [6.07, 6.45) is 2.65. The molecule has 2 aliphatic rings. The third kappa shape index (κ3) is 3.21. The Morgan fingerprint density at radius 2 is 1.73 bits per heavy atom. The minimum Gasteiger partial charge on any atom is -0.449 e. The number of nitrogens with zero attached hydrogens (tertiary/aromatic N) is 2. The zero-order valence-electron chi connectivity index (χ0n) is 11.4. The van der Waals surface area contributed by atoms with E-state index in [1.54, 1.807) is 18.0 Å². The molecule has 0 unspecified atom stereocenters. The van der Waals surface area contributed by atoms with Crippen molar-refractivity contribution in [3.8, 4) is 0 Å². The van der Waals surface area contributed by atoms with Crippen molar-refractivity contribution >= 4 is 65.4 Å². The van der Waals surface area contributed by atoms with E-state index >= 15 is 0 Å². The summed E-state index contributed by atoms with van der Waals surface area (Å²) >= 11 is 9.39. The van der Waals surface area contributed by atoms with Crippen LogP contribution >= 0.6 is 47.8 Å². The maximum absolute atomic E-state index is 12.4. The molecule has 2 rings (SSSR count). The molecule has 0 aromatic carbocycles. The molecular weight excluding hydrogens is 488 g/mol. The van der Waals surface area contributed by atoms with Crippen LogP contribution in [0.2, 0.25) is 0 Å². The molecule has 0 saturated carbocycles. The molecule has 0 bridgehead atoms. The van der Waals surface area contributed by atoms with E-state index in [1.807, 2.05) is 0 Å². The van der Waals surface area contributed by atoms with Crippen LogP contribution in [0.3, 0.4) is 0 Å². The van der Waals surface area contributed by atoms with Crippen molar-refractivity contribution < 1.29 is 19.1 Å². The van der Waals surface area contributed by atoms with E-state index in [9.17, 15) is 14.4 Å². The molecule has 1 aliphatic heterocycles. The van der Waals surface area contributed by atoms with E-state index in [0.717, 1.165) is 0 Å². The Bertz CT molecular complexity index is 639. The number of halogens is 3. The molecule has 0 spiro atoms. The van der Waals surface area contributed by atoms with Crippen LogP contribution < -0.4 is 0 Å². The van der Waals surface area contributed by atoms with Gasteiger partial charge in [-0.05, 0) is 54.7 Å². The number of rotatable bonds is 2. The predicted octanol–water partition coefficient (Wildman–Crippen LogP) is 2.99. The van der Waals surface area contributed by atoms with E-state index < -0.39 is 6.09 Å². The quantitative estimate of drug-likeness (QED) is 0.548. The fourth-order valence-corrected chi connectivity index (χ4v) is 3.55. The summed E-state index contributed by atoms with van der Waals surface area (Å²) in [6, 6.07) is 0. The highest BCUT2D eigenvalue weighted by Crippen LogP contribution is 2.36. The predicted molar refractivity (Wildman–Crippen MR) is 90.4 cm³/mol. The summed E-state index contributed by atoms with van der Waals surface area (Å²) in [7, 11) is 0. The minimum absolute atomic E-state index is 0.178. The van der Waals surface area contributed by atoms with Crippen LogP contribution in [-0.2, 0) is 14.3 Å². The first-order valence-corrected chi connectivity index (χ1v) is 8.69. The normalized spacial score (nSPS) is 19.3. The van der Waals surface area contributed by atoms with Gasteiger partial charge in [0, 0.05) is 25.5 Å². The standard InChI is InChI=1S/C13H11Br3N2O4/c1-2-22-13(21)18-5-3-17(4-6-18)10-9(16)11(19)7(14)8(15)12(10)20/h3,5H,2,4,6H2,1H3. The van der Waals surface area contributed by atoms with Crippen molar-refractivity contribution in [2.45, 2.75) is 6.92 Å². The minimum atomic E-state index is -0.443. The van der Waals surface area contributed by atoms with Gasteiger partial charge < -0.3 is 9.64 Å². The monoisotopic (exact) mass is 496 g/mol. The highest BCUT2D eigenvalue weighted by Gasteiger charge is 2.34. The number of amides is 1. The van der Waals surface area contributed by atoms with Gasteiger partial charge >= 0.3 is 6.09 Å². The van der Waals surface area contributed by atoms with Gasteiger partial charge in [-0.1, -0.05) is 0 Å². The number of Topliss-reactive ketones (excluding diaryl/α,β-unsaturated/α-hetero) is 2. The van der Waals surface area contributed by atoms with Gasteiger partial charge in [0.15, 0.2) is 0 Å². The summed E-state index contributed by atoms with van der Waals surface area (Å²) in [5, 5.41) is 0. The van der Waals surface area contributed by atoms with Gasteiger partial charge in [0.2, 0.25) is 11.6 Å². The smallest absolute Gasteiger partial charge is 0.413 e. The van der Waals surface area contributed by atoms with Crippen LogP contribution in [0.5, 0.6) is 0 Å². The average molecular weight is 499 g/mol. The fourth-order valence-electron chi connectivity index (χ4n) is 1.93. The van der Waals surface area contributed by atoms with E-state index in [0.29, 0.717) is 19.7 Å². The Kier molecular flexibility index (Phi) is 5.62. The third-order valence-electron chi connectivity index (χ3n) is 3.01. The number of ketones is 2. The van der Waals surface area contributed by atoms with Crippen molar-refractivity contribution in [1.29, 1.82) is 0 Å². The Hall–Kier alpha value is -0.930. The molecule has 0 fully saturated rings. The maximum atomic E-state index is 12.4. The summed E-state index contributed by atoms with van der Waals surface area (Å²) in [4.78, 5) is 39.1. The van der Waals surface area contributed by atoms with Crippen molar-refractivity contribution in [1.82, 2.24) is 9.80 Å². The Balaban J connectivity index is 2.24. The zero-order chi connectivity index (χ0) is 16.4. The van der Waals surface area contributed by atoms with Gasteiger partial charge in [0.25, 0.3) is 0 Å². The molecule has 6 nitrogen and oxygen atoms in total. The number of allylic oxidation sites excluding steroid dienone is 3. The number of carbonyl (C=O) groups excluding carboxylic acids is 3. The molecule has 0 radical (unpaired) electrons. The van der Waals surface area contributed by atoms with Crippen molar-refractivity contribution in [3.05, 3.63) is 31.5 Å². The lowest BCUT2D eigenvalue weighted by Gasteiger charge is -2.32. The second-order valence-electron chi connectivity index (χ2n) is 4.33. The second kappa shape index (κ2) is 7.10. The lowest BCUT2D eigenvalue weighted by atomic mass is 10.1. The van der Waals surface area contributed by atoms with E-state index in [2.05, 4.69) is 47.8 Å². The molecule has 0 aromatic heterocycles. The van der Waals surface area contributed by atoms with Gasteiger partial charge in [0.1, 0.15) is 5.70 Å². The van der Waals surface area contributed by atoms with Crippen molar-refractivity contribution in [2.24, 2.45) is 0 Å². The molecule has 1 amide bonds. The molecule has 0 saturated heterocycles. The first-order chi connectivity index (χ1) is 10.4. The van der Waals surface area contributed by atoms with Crippen LogP contribution in [-0.4, -0.2) is 47.2 Å². The van der Waals surface area contributed by atoms with E-state index in [1.165, 1.54) is 11.1 Å². The highest BCUT2D eigenvalue weighted by atomic mass is 79.9. The number of hydrogen-bond acceptors (Lipinski definition) is 5. The summed E-state index contributed by atoms with van der Waals surface area (Å²) in [5.41, 5.74) is 0.236. The Morgan fingerprint density at radius 3 is 2.27 bits per heavy atom. The molecule has 1 heterocycles. The molecule has 0 N–H and O–H groups in total. The van der Waals surface area contributed by atoms with Crippen molar-refractivity contribution in [3.63, 3.8) is 0 Å². The van der Waals surface area contributed by atoms with E-state index in [4.69, 9.17) is 4.74 Å². The SMILES string of the molecule is CCOC(=O)N1C=CN(C2=C(Br)C(=O)C(Br)=C(Br)C2=O)CC1. The first-order valence-electron chi connectivity index (χ1n) is 6.31. The number of carbonyl (C=O) groups is 3. The van der Waals surface area contributed by atoms with Crippen LogP contribution in [0.4, 0.5) is 4.79 Å². The lowest BCUT2D eigenvalue weighted by molar-refractivity contribution is -0.116. The van der Waals surface area contributed by atoms with Crippen LogP contribution in [0.25, 0.3) is 0 Å². The molecular formula is C13H11Br3N2O4. The largest absolute Gasteiger partial charge is 0.449 e. The second-order valence-corrected chi connectivity index (χ2v) is 6.71. The Labute approximate surface area is 152 Å².